The van der Waals surface area contributed by atoms with Crippen molar-refractivity contribution >= 4 is 23.1 Å². The highest BCUT2D eigenvalue weighted by atomic mass is 19.1. The number of imidazole rings is 1. The fourth-order valence-electron chi connectivity index (χ4n) is 6.60. The molecular formula is C33H35FN6O2. The second kappa shape index (κ2) is 11.6. The minimum atomic E-state index is -0.234. The Kier molecular flexibility index (Phi) is 7.34. The van der Waals surface area contributed by atoms with Crippen LogP contribution in [-0.4, -0.2) is 69.3 Å². The Morgan fingerprint density at radius 1 is 0.976 bits per heavy atom. The number of hydrogen-bond acceptors (Lipinski definition) is 6. The third-order valence-corrected chi connectivity index (χ3v) is 8.85. The summed E-state index contributed by atoms with van der Waals surface area (Å²) in [4.78, 5) is 23.9. The number of hydrogen-bond donors (Lipinski definition) is 0. The van der Waals surface area contributed by atoms with Crippen molar-refractivity contribution in [2.75, 3.05) is 37.6 Å². The van der Waals surface area contributed by atoms with Crippen molar-refractivity contribution in [3.8, 4) is 0 Å². The van der Waals surface area contributed by atoms with Crippen LogP contribution in [0.1, 0.15) is 48.5 Å². The molecule has 0 spiro atoms. The number of rotatable bonds is 6. The molecule has 2 aromatic carbocycles. The SMILES string of the molecule is O=C(OCc1ccccc1)N1CCC(N2CC=C(c3cnc4ccc(N5CCC[C@@H]5c5cccc(F)c5)nn34)C2)CC1. The van der Waals surface area contributed by atoms with Crippen LogP contribution in [0.3, 0.4) is 0 Å². The van der Waals surface area contributed by atoms with Gasteiger partial charge in [-0.05, 0) is 66.6 Å². The normalized spacial score (nSPS) is 19.9. The van der Waals surface area contributed by atoms with Crippen LogP contribution in [0.2, 0.25) is 0 Å². The lowest BCUT2D eigenvalue weighted by Crippen LogP contribution is -2.46. The third-order valence-electron chi connectivity index (χ3n) is 8.85. The van der Waals surface area contributed by atoms with Crippen molar-refractivity contribution in [2.24, 2.45) is 0 Å². The number of likely N-dealkylation sites (tertiary alicyclic amines) is 1. The second-order valence-electron chi connectivity index (χ2n) is 11.4. The lowest BCUT2D eigenvalue weighted by molar-refractivity contribution is 0.0737. The van der Waals surface area contributed by atoms with Crippen LogP contribution in [-0.2, 0) is 11.3 Å². The molecule has 216 valence electrons. The lowest BCUT2D eigenvalue weighted by Gasteiger charge is -2.36. The molecule has 2 saturated heterocycles. The molecule has 7 rings (SSSR count). The predicted molar refractivity (Wildman–Crippen MR) is 159 cm³/mol. The Morgan fingerprint density at radius 2 is 1.83 bits per heavy atom. The third kappa shape index (κ3) is 5.36. The van der Waals surface area contributed by atoms with E-state index in [0.717, 1.165) is 73.6 Å². The van der Waals surface area contributed by atoms with Crippen molar-refractivity contribution in [1.82, 2.24) is 24.4 Å². The van der Waals surface area contributed by atoms with Crippen LogP contribution in [0, 0.1) is 5.82 Å². The van der Waals surface area contributed by atoms with Crippen molar-refractivity contribution < 1.29 is 13.9 Å². The summed E-state index contributed by atoms with van der Waals surface area (Å²) < 4.78 is 21.5. The number of piperidine rings is 1. The molecule has 5 heterocycles. The number of ether oxygens (including phenoxy) is 1. The van der Waals surface area contributed by atoms with Gasteiger partial charge in [-0.3, -0.25) is 4.90 Å². The zero-order chi connectivity index (χ0) is 28.5. The molecule has 3 aliphatic rings. The van der Waals surface area contributed by atoms with Crippen LogP contribution in [0.25, 0.3) is 11.2 Å². The van der Waals surface area contributed by atoms with E-state index in [1.165, 1.54) is 11.6 Å². The van der Waals surface area contributed by atoms with E-state index in [-0.39, 0.29) is 18.0 Å². The van der Waals surface area contributed by atoms with Gasteiger partial charge < -0.3 is 14.5 Å². The first-order chi connectivity index (χ1) is 20.6. The zero-order valence-electron chi connectivity index (χ0n) is 23.6. The van der Waals surface area contributed by atoms with Crippen molar-refractivity contribution in [3.63, 3.8) is 0 Å². The fraction of sp³-hybridized carbons (Fsp3) is 0.364. The molecule has 4 aromatic rings. The summed E-state index contributed by atoms with van der Waals surface area (Å²) in [6, 6.07) is 21.3. The second-order valence-corrected chi connectivity index (χ2v) is 11.4. The quantitative estimate of drug-likeness (QED) is 0.298. The summed E-state index contributed by atoms with van der Waals surface area (Å²) in [5.41, 5.74) is 5.04. The van der Waals surface area contributed by atoms with Crippen LogP contribution in [0.15, 0.2) is 79.0 Å². The fourth-order valence-corrected chi connectivity index (χ4v) is 6.60. The van der Waals surface area contributed by atoms with E-state index in [1.54, 1.807) is 12.1 Å². The monoisotopic (exact) mass is 566 g/mol. The van der Waals surface area contributed by atoms with Crippen molar-refractivity contribution in [2.45, 2.75) is 44.4 Å². The molecule has 0 unspecified atom stereocenters. The minimum absolute atomic E-state index is 0.111. The van der Waals surface area contributed by atoms with Crippen LogP contribution < -0.4 is 4.90 Å². The Bertz CT molecular complexity index is 1600. The molecule has 0 radical (unpaired) electrons. The maximum absolute atomic E-state index is 14.0. The molecule has 0 aliphatic carbocycles. The number of benzene rings is 2. The number of amides is 1. The van der Waals surface area contributed by atoms with Crippen LogP contribution in [0.5, 0.6) is 0 Å². The van der Waals surface area contributed by atoms with E-state index in [4.69, 9.17) is 9.84 Å². The van der Waals surface area contributed by atoms with E-state index in [1.807, 2.05) is 64.1 Å². The first-order valence-electron chi connectivity index (χ1n) is 14.9. The van der Waals surface area contributed by atoms with Gasteiger partial charge in [0.25, 0.3) is 0 Å². The van der Waals surface area contributed by atoms with E-state index in [2.05, 4.69) is 20.9 Å². The minimum Gasteiger partial charge on any atom is -0.445 e. The van der Waals surface area contributed by atoms with Crippen LogP contribution >= 0.6 is 0 Å². The largest absolute Gasteiger partial charge is 0.445 e. The summed E-state index contributed by atoms with van der Waals surface area (Å²) in [6.45, 7) is 4.30. The lowest BCUT2D eigenvalue weighted by atomic mass is 10.0. The average Bonchev–Trinajstić information content (AvgIpc) is 3.80. The van der Waals surface area contributed by atoms with Gasteiger partial charge in [0.1, 0.15) is 18.2 Å². The molecule has 1 amide bonds. The number of carbonyl (C=O) groups is 1. The Labute approximate surface area is 245 Å². The predicted octanol–water partition coefficient (Wildman–Crippen LogP) is 5.71. The molecule has 3 aliphatic heterocycles. The molecule has 1 atom stereocenters. The summed E-state index contributed by atoms with van der Waals surface area (Å²) >= 11 is 0. The van der Waals surface area contributed by atoms with Gasteiger partial charge in [-0.1, -0.05) is 48.5 Å². The number of halogens is 1. The first-order valence-corrected chi connectivity index (χ1v) is 14.9. The Morgan fingerprint density at radius 3 is 2.67 bits per heavy atom. The van der Waals surface area contributed by atoms with Gasteiger partial charge in [0, 0.05) is 38.8 Å². The maximum Gasteiger partial charge on any atom is 0.410 e. The molecule has 8 nitrogen and oxygen atoms in total. The Balaban J connectivity index is 0.988. The maximum atomic E-state index is 14.0. The van der Waals surface area contributed by atoms with Gasteiger partial charge in [0.05, 0.1) is 17.9 Å². The summed E-state index contributed by atoms with van der Waals surface area (Å²) in [6.07, 6.45) is 7.83. The molecule has 42 heavy (non-hydrogen) atoms. The first kappa shape index (κ1) is 26.6. The molecular weight excluding hydrogens is 531 g/mol. The molecule has 0 N–H and O–H groups in total. The van der Waals surface area contributed by atoms with Crippen LogP contribution in [0.4, 0.5) is 15.0 Å². The number of aromatic nitrogens is 3. The van der Waals surface area contributed by atoms with Gasteiger partial charge in [-0.15, -0.1) is 5.10 Å². The molecule has 9 heteroatoms. The van der Waals surface area contributed by atoms with Gasteiger partial charge in [-0.25, -0.2) is 18.7 Å². The van der Waals surface area contributed by atoms with Gasteiger partial charge in [-0.2, -0.15) is 0 Å². The average molecular weight is 567 g/mol. The van der Waals surface area contributed by atoms with E-state index in [0.29, 0.717) is 25.7 Å². The molecule has 0 saturated carbocycles. The molecule has 0 bridgehead atoms. The Hall–Kier alpha value is -4.24. The number of nitrogens with zero attached hydrogens (tertiary/aromatic N) is 6. The standard InChI is InChI=1S/C33H35FN6O2/c34-27-9-4-8-25(20-27)29-10-5-16-39(29)32-12-11-31-35-21-30(40(31)36-32)26-13-17-38(22-26)28-14-18-37(19-15-28)33(41)42-23-24-6-2-1-3-7-24/h1-4,6-9,11-13,20-21,28-29H,5,10,14-19,22-23H2/t29-/m1/s1. The van der Waals surface area contributed by atoms with Gasteiger partial charge in [0.2, 0.25) is 0 Å². The van der Waals surface area contributed by atoms with Gasteiger partial charge >= 0.3 is 6.09 Å². The summed E-state index contributed by atoms with van der Waals surface area (Å²) in [7, 11) is 0. The number of anilines is 1. The highest BCUT2D eigenvalue weighted by Gasteiger charge is 2.31. The summed E-state index contributed by atoms with van der Waals surface area (Å²) in [5, 5.41) is 5.04. The van der Waals surface area contributed by atoms with Crippen molar-refractivity contribution in [3.05, 3.63) is 102 Å². The van der Waals surface area contributed by atoms with E-state index in [9.17, 15) is 9.18 Å². The molecule has 2 fully saturated rings. The topological polar surface area (TPSA) is 66.2 Å². The van der Waals surface area contributed by atoms with Crippen molar-refractivity contribution in [1.29, 1.82) is 0 Å². The number of carbonyl (C=O) groups excluding carboxylic acids is 1. The smallest absolute Gasteiger partial charge is 0.410 e. The number of fused-ring (bicyclic) bond motifs is 1. The van der Waals surface area contributed by atoms with E-state index >= 15 is 0 Å². The highest BCUT2D eigenvalue weighted by molar-refractivity contribution is 5.69. The zero-order valence-corrected chi connectivity index (χ0v) is 23.6. The molecule has 2 aromatic heterocycles. The highest BCUT2D eigenvalue weighted by Crippen LogP contribution is 2.36. The van der Waals surface area contributed by atoms with E-state index < -0.39 is 0 Å². The van der Waals surface area contributed by atoms with Gasteiger partial charge in [0.15, 0.2) is 5.65 Å². The summed E-state index contributed by atoms with van der Waals surface area (Å²) in [5.74, 6) is 0.682.